The molecule has 0 aromatic rings. The molecule has 0 aliphatic heterocycles. The topological polar surface area (TPSA) is 0 Å². The van der Waals surface area contributed by atoms with Gasteiger partial charge in [-0.2, -0.15) is 0 Å². The summed E-state index contributed by atoms with van der Waals surface area (Å²) in [7, 11) is 0. The van der Waals surface area contributed by atoms with Gasteiger partial charge in [0.2, 0.25) is 0 Å². The molecule has 0 N–H and O–H groups in total. The predicted molar refractivity (Wildman–Crippen MR) is 48.5 cm³/mol. The molecule has 0 amide bonds. The van der Waals surface area contributed by atoms with Gasteiger partial charge in [0, 0.05) is 0 Å². The van der Waals surface area contributed by atoms with Crippen LogP contribution in [-0.4, -0.2) is 0 Å². The van der Waals surface area contributed by atoms with Crippen LogP contribution in [0.15, 0.2) is 0 Å². The van der Waals surface area contributed by atoms with Crippen molar-refractivity contribution in [2.75, 3.05) is 0 Å². The molecule has 0 aromatic heterocycles. The second-order valence-corrected chi connectivity index (χ2v) is 4.72. The zero-order chi connectivity index (χ0) is 7.68. The van der Waals surface area contributed by atoms with Gasteiger partial charge in [0.15, 0.2) is 0 Å². The highest BCUT2D eigenvalue weighted by atomic mass is 14.4. The highest BCUT2D eigenvalue weighted by Gasteiger charge is 2.29. The van der Waals surface area contributed by atoms with E-state index in [1.165, 1.54) is 19.3 Å². The number of rotatable bonds is 0. The maximum atomic E-state index is 2.44. The molecule has 2 saturated carbocycles. The molecule has 2 aliphatic rings. The van der Waals surface area contributed by atoms with Crippen LogP contribution < -0.4 is 0 Å². The summed E-state index contributed by atoms with van der Waals surface area (Å²) in [6, 6.07) is 0. The molecule has 0 radical (unpaired) electrons. The molecule has 0 saturated heterocycles. The third-order valence-electron chi connectivity index (χ3n) is 3.80. The van der Waals surface area contributed by atoms with Gasteiger partial charge in [-0.25, -0.2) is 0 Å². The van der Waals surface area contributed by atoms with Crippen LogP contribution in [0.25, 0.3) is 0 Å². The highest BCUT2D eigenvalue weighted by molar-refractivity contribution is 4.81. The molecule has 0 aromatic carbocycles. The smallest absolute Gasteiger partial charge is 0.0383 e. The fourth-order valence-electron chi connectivity index (χ4n) is 3.11. The van der Waals surface area contributed by atoms with E-state index in [2.05, 4.69) is 6.92 Å². The van der Waals surface area contributed by atoms with Crippen LogP contribution in [0.5, 0.6) is 0 Å². The summed E-state index contributed by atoms with van der Waals surface area (Å²) in [4.78, 5) is 0. The standard InChI is InChI=1S/C11H20/c1-9-6-7-10-4-2-3-5-11(10)8-9/h9-11H,2-8H2,1H3/t9-,10-,11+/m1/s1. The van der Waals surface area contributed by atoms with Crippen LogP contribution in [0.1, 0.15) is 51.9 Å². The third-order valence-corrected chi connectivity index (χ3v) is 3.80. The van der Waals surface area contributed by atoms with Crippen LogP contribution in [0.4, 0.5) is 0 Å². The van der Waals surface area contributed by atoms with E-state index in [0.29, 0.717) is 0 Å². The summed E-state index contributed by atoms with van der Waals surface area (Å²) in [5, 5.41) is 0. The molecule has 2 aliphatic carbocycles. The van der Waals surface area contributed by atoms with Crippen LogP contribution in [0, 0.1) is 17.8 Å². The van der Waals surface area contributed by atoms with E-state index >= 15 is 0 Å². The van der Waals surface area contributed by atoms with E-state index in [9.17, 15) is 0 Å². The average Bonchev–Trinajstić information content (AvgIpc) is 2.04. The van der Waals surface area contributed by atoms with Gasteiger partial charge in [0.05, 0.1) is 0 Å². The molecule has 0 spiro atoms. The van der Waals surface area contributed by atoms with Gasteiger partial charge in [-0.3, -0.25) is 0 Å². The molecule has 2 fully saturated rings. The quantitative estimate of drug-likeness (QED) is 0.497. The van der Waals surface area contributed by atoms with Gasteiger partial charge in [-0.05, 0) is 30.6 Å². The van der Waals surface area contributed by atoms with Crippen molar-refractivity contribution >= 4 is 0 Å². The van der Waals surface area contributed by atoms with Crippen LogP contribution in [0.2, 0.25) is 0 Å². The largest absolute Gasteiger partial charge is 0.0625 e. The van der Waals surface area contributed by atoms with E-state index in [1.807, 2.05) is 0 Å². The van der Waals surface area contributed by atoms with Gasteiger partial charge in [-0.15, -0.1) is 0 Å². The third kappa shape index (κ3) is 1.60. The Morgan fingerprint density at radius 3 is 2.36 bits per heavy atom. The molecular formula is C11H20. The fraction of sp³-hybridized carbons (Fsp3) is 1.00. The number of hydrogen-bond donors (Lipinski definition) is 0. The predicted octanol–water partition coefficient (Wildman–Crippen LogP) is 3.61. The molecule has 3 atom stereocenters. The Labute approximate surface area is 70.4 Å². The maximum Gasteiger partial charge on any atom is -0.0383 e. The van der Waals surface area contributed by atoms with Crippen molar-refractivity contribution in [2.24, 2.45) is 17.8 Å². The first-order chi connectivity index (χ1) is 5.36. The maximum absolute atomic E-state index is 2.44. The minimum Gasteiger partial charge on any atom is -0.0625 e. The lowest BCUT2D eigenvalue weighted by Gasteiger charge is -2.38. The van der Waals surface area contributed by atoms with Crippen molar-refractivity contribution in [3.63, 3.8) is 0 Å². The second kappa shape index (κ2) is 3.16. The van der Waals surface area contributed by atoms with Crippen molar-refractivity contribution in [3.05, 3.63) is 0 Å². The normalized spacial score (nSPS) is 45.0. The van der Waals surface area contributed by atoms with Crippen molar-refractivity contribution < 1.29 is 0 Å². The molecule has 0 unspecified atom stereocenters. The van der Waals surface area contributed by atoms with Crippen molar-refractivity contribution in [2.45, 2.75) is 51.9 Å². The van der Waals surface area contributed by atoms with E-state index in [-0.39, 0.29) is 0 Å². The lowest BCUT2D eigenvalue weighted by atomic mass is 9.68. The Balaban J connectivity index is 1.93. The van der Waals surface area contributed by atoms with Crippen LogP contribution in [0.3, 0.4) is 0 Å². The first-order valence-corrected chi connectivity index (χ1v) is 5.36. The number of hydrogen-bond acceptors (Lipinski definition) is 0. The molecule has 0 nitrogen and oxygen atoms in total. The molecule has 0 heterocycles. The van der Waals surface area contributed by atoms with Crippen LogP contribution >= 0.6 is 0 Å². The minimum atomic E-state index is 1.04. The Kier molecular flexibility index (Phi) is 2.20. The first kappa shape index (κ1) is 7.64. The molecule has 2 rings (SSSR count). The SMILES string of the molecule is C[C@@H]1CC[C@H]2CCCC[C@H]2C1. The van der Waals surface area contributed by atoms with Crippen molar-refractivity contribution in [1.29, 1.82) is 0 Å². The summed E-state index contributed by atoms with van der Waals surface area (Å²) in [5.74, 6) is 3.31. The Morgan fingerprint density at radius 2 is 1.55 bits per heavy atom. The van der Waals surface area contributed by atoms with Gasteiger partial charge in [0.25, 0.3) is 0 Å². The zero-order valence-corrected chi connectivity index (χ0v) is 7.68. The van der Waals surface area contributed by atoms with E-state index in [1.54, 1.807) is 25.7 Å². The molecule has 0 bridgehead atoms. The van der Waals surface area contributed by atoms with E-state index < -0.39 is 0 Å². The summed E-state index contributed by atoms with van der Waals surface area (Å²) in [6.45, 7) is 2.44. The monoisotopic (exact) mass is 152 g/mol. The lowest BCUT2D eigenvalue weighted by Crippen LogP contribution is -2.26. The van der Waals surface area contributed by atoms with Crippen molar-refractivity contribution in [1.82, 2.24) is 0 Å². The fourth-order valence-corrected chi connectivity index (χ4v) is 3.11. The lowest BCUT2D eigenvalue weighted by molar-refractivity contribution is 0.137. The minimum absolute atomic E-state index is 1.04. The Bertz CT molecular complexity index is 128. The summed E-state index contributed by atoms with van der Waals surface area (Å²) in [5.41, 5.74) is 0. The Morgan fingerprint density at radius 1 is 0.818 bits per heavy atom. The second-order valence-electron chi connectivity index (χ2n) is 4.72. The van der Waals surface area contributed by atoms with Gasteiger partial charge in [0.1, 0.15) is 0 Å². The average molecular weight is 152 g/mol. The molecule has 0 heteroatoms. The molecule has 64 valence electrons. The summed E-state index contributed by atoms with van der Waals surface area (Å²) >= 11 is 0. The summed E-state index contributed by atoms with van der Waals surface area (Å²) in [6.07, 6.45) is 10.8. The zero-order valence-electron chi connectivity index (χ0n) is 7.68. The molecule has 11 heavy (non-hydrogen) atoms. The summed E-state index contributed by atoms with van der Waals surface area (Å²) < 4.78 is 0. The first-order valence-electron chi connectivity index (χ1n) is 5.36. The Hall–Kier alpha value is 0. The van der Waals surface area contributed by atoms with Gasteiger partial charge >= 0.3 is 0 Å². The van der Waals surface area contributed by atoms with Crippen LogP contribution in [-0.2, 0) is 0 Å². The van der Waals surface area contributed by atoms with E-state index in [0.717, 1.165) is 17.8 Å². The highest BCUT2D eigenvalue weighted by Crippen LogP contribution is 2.42. The van der Waals surface area contributed by atoms with Gasteiger partial charge in [-0.1, -0.05) is 39.0 Å². The molecular weight excluding hydrogens is 132 g/mol. The number of fused-ring (bicyclic) bond motifs is 1. The van der Waals surface area contributed by atoms with E-state index in [4.69, 9.17) is 0 Å². The van der Waals surface area contributed by atoms with Gasteiger partial charge < -0.3 is 0 Å². The van der Waals surface area contributed by atoms with Crippen molar-refractivity contribution in [3.8, 4) is 0 Å².